The molecule has 4 nitrogen and oxygen atoms in total. The SMILES string of the molecule is O=c1c2c(-c3ccc(Cl)cc3)csc2ncn1/N=C/c1c(F)cccc1F. The third-order valence-corrected chi connectivity index (χ3v) is 5.08. The van der Waals surface area contributed by atoms with Crippen molar-refractivity contribution in [2.75, 3.05) is 0 Å². The number of hydrogen-bond donors (Lipinski definition) is 0. The van der Waals surface area contributed by atoms with Gasteiger partial charge in [-0.05, 0) is 29.8 Å². The molecule has 8 heteroatoms. The van der Waals surface area contributed by atoms with Gasteiger partial charge >= 0.3 is 0 Å². The Balaban J connectivity index is 1.83. The molecule has 4 aromatic rings. The van der Waals surface area contributed by atoms with Crippen molar-refractivity contribution >= 4 is 39.4 Å². The van der Waals surface area contributed by atoms with E-state index < -0.39 is 17.2 Å². The first-order valence-electron chi connectivity index (χ1n) is 7.78. The second-order valence-electron chi connectivity index (χ2n) is 5.61. The second kappa shape index (κ2) is 7.02. The van der Waals surface area contributed by atoms with E-state index in [1.165, 1.54) is 23.7 Å². The van der Waals surface area contributed by atoms with Crippen LogP contribution in [0.3, 0.4) is 0 Å². The molecule has 134 valence electrons. The van der Waals surface area contributed by atoms with Crippen molar-refractivity contribution in [3.05, 3.63) is 86.7 Å². The van der Waals surface area contributed by atoms with Crippen molar-refractivity contribution in [3.8, 4) is 11.1 Å². The molecule has 0 bridgehead atoms. The lowest BCUT2D eigenvalue weighted by atomic mass is 10.1. The zero-order valence-electron chi connectivity index (χ0n) is 13.6. The zero-order valence-corrected chi connectivity index (χ0v) is 15.1. The third-order valence-electron chi connectivity index (χ3n) is 3.94. The predicted molar refractivity (Wildman–Crippen MR) is 104 cm³/mol. The molecular formula is C19H10ClF2N3OS. The van der Waals surface area contributed by atoms with Gasteiger partial charge in [-0.2, -0.15) is 9.78 Å². The van der Waals surface area contributed by atoms with Crippen LogP contribution in [0.4, 0.5) is 8.78 Å². The summed E-state index contributed by atoms with van der Waals surface area (Å²) >= 11 is 7.24. The fourth-order valence-electron chi connectivity index (χ4n) is 2.60. The lowest BCUT2D eigenvalue weighted by molar-refractivity contribution is 0.579. The lowest BCUT2D eigenvalue weighted by Gasteiger charge is -2.02. The number of hydrogen-bond acceptors (Lipinski definition) is 4. The van der Waals surface area contributed by atoms with Gasteiger partial charge < -0.3 is 0 Å². The Morgan fingerprint density at radius 1 is 1.11 bits per heavy atom. The quantitative estimate of drug-likeness (QED) is 0.456. The zero-order chi connectivity index (χ0) is 19.0. The van der Waals surface area contributed by atoms with E-state index in [9.17, 15) is 13.6 Å². The van der Waals surface area contributed by atoms with Gasteiger partial charge in [-0.1, -0.05) is 29.8 Å². The monoisotopic (exact) mass is 401 g/mol. The number of fused-ring (bicyclic) bond motifs is 1. The molecule has 2 aromatic carbocycles. The molecule has 0 N–H and O–H groups in total. The van der Waals surface area contributed by atoms with E-state index in [1.807, 2.05) is 5.38 Å². The minimum Gasteiger partial charge on any atom is -0.267 e. The highest BCUT2D eigenvalue weighted by molar-refractivity contribution is 7.17. The molecular weight excluding hydrogens is 392 g/mol. The first kappa shape index (κ1) is 17.5. The van der Waals surface area contributed by atoms with Gasteiger partial charge in [-0.15, -0.1) is 11.3 Å². The number of nitrogens with zero attached hydrogens (tertiary/aromatic N) is 3. The Hall–Kier alpha value is -2.90. The van der Waals surface area contributed by atoms with Crippen LogP contribution in [0.5, 0.6) is 0 Å². The van der Waals surface area contributed by atoms with Crippen molar-refractivity contribution < 1.29 is 8.78 Å². The number of rotatable bonds is 3. The van der Waals surface area contributed by atoms with Crippen LogP contribution in [0.15, 0.2) is 64.1 Å². The number of aromatic nitrogens is 2. The normalized spacial score (nSPS) is 11.5. The highest BCUT2D eigenvalue weighted by Gasteiger charge is 2.13. The van der Waals surface area contributed by atoms with Gasteiger partial charge in [0.05, 0.1) is 17.2 Å². The number of halogens is 3. The molecule has 0 radical (unpaired) electrons. The molecule has 0 aliphatic heterocycles. The van der Waals surface area contributed by atoms with Crippen LogP contribution in [0.25, 0.3) is 21.3 Å². The van der Waals surface area contributed by atoms with Gasteiger partial charge in [0.2, 0.25) is 0 Å². The summed E-state index contributed by atoms with van der Waals surface area (Å²) in [6.45, 7) is 0. The van der Waals surface area contributed by atoms with E-state index in [2.05, 4.69) is 10.1 Å². The molecule has 27 heavy (non-hydrogen) atoms. The van der Waals surface area contributed by atoms with E-state index in [4.69, 9.17) is 11.6 Å². The van der Waals surface area contributed by atoms with E-state index in [0.29, 0.717) is 20.8 Å². The Labute approximate surface area is 161 Å². The van der Waals surface area contributed by atoms with Gasteiger partial charge in [0.1, 0.15) is 22.8 Å². The summed E-state index contributed by atoms with van der Waals surface area (Å²) in [6, 6.07) is 10.6. The maximum Gasteiger partial charge on any atom is 0.283 e. The molecule has 4 rings (SSSR count). The molecule has 2 aromatic heterocycles. The molecule has 0 spiro atoms. The summed E-state index contributed by atoms with van der Waals surface area (Å²) in [5.74, 6) is -1.53. The Kier molecular flexibility index (Phi) is 4.55. The van der Waals surface area contributed by atoms with E-state index in [1.54, 1.807) is 24.3 Å². The van der Waals surface area contributed by atoms with Crippen LogP contribution >= 0.6 is 22.9 Å². The average Bonchev–Trinajstić information content (AvgIpc) is 3.08. The van der Waals surface area contributed by atoms with Crippen molar-refractivity contribution in [2.24, 2.45) is 5.10 Å². The maximum absolute atomic E-state index is 13.7. The van der Waals surface area contributed by atoms with Crippen LogP contribution in [-0.2, 0) is 0 Å². The van der Waals surface area contributed by atoms with Gasteiger partial charge in [-0.25, -0.2) is 13.8 Å². The number of benzene rings is 2. The lowest BCUT2D eigenvalue weighted by Crippen LogP contribution is -2.17. The Morgan fingerprint density at radius 3 is 2.52 bits per heavy atom. The smallest absolute Gasteiger partial charge is 0.267 e. The third kappa shape index (κ3) is 3.27. The Bertz CT molecular complexity index is 1210. The van der Waals surface area contributed by atoms with E-state index in [0.717, 1.165) is 28.6 Å². The summed E-state index contributed by atoms with van der Waals surface area (Å²) in [5, 5.41) is 6.70. The summed E-state index contributed by atoms with van der Waals surface area (Å²) in [5.41, 5.74) is 0.754. The van der Waals surface area contributed by atoms with E-state index >= 15 is 0 Å². The van der Waals surface area contributed by atoms with Gasteiger partial charge in [0.15, 0.2) is 0 Å². The minimum absolute atomic E-state index is 0.326. The summed E-state index contributed by atoms with van der Waals surface area (Å²) < 4.78 is 28.4. The van der Waals surface area contributed by atoms with Crippen molar-refractivity contribution in [3.63, 3.8) is 0 Å². The largest absolute Gasteiger partial charge is 0.283 e. The summed E-state index contributed by atoms with van der Waals surface area (Å²) in [4.78, 5) is 17.6. The molecule has 0 unspecified atom stereocenters. The molecule has 0 fully saturated rings. The highest BCUT2D eigenvalue weighted by atomic mass is 35.5. The minimum atomic E-state index is -0.766. The molecule has 0 atom stereocenters. The summed E-state index contributed by atoms with van der Waals surface area (Å²) in [7, 11) is 0. The van der Waals surface area contributed by atoms with Gasteiger partial charge in [0.25, 0.3) is 5.56 Å². The molecule has 0 saturated heterocycles. The molecule has 0 saturated carbocycles. The van der Waals surface area contributed by atoms with Crippen LogP contribution in [0.2, 0.25) is 5.02 Å². The Morgan fingerprint density at radius 2 is 1.81 bits per heavy atom. The molecule has 0 aliphatic carbocycles. The van der Waals surface area contributed by atoms with Crippen molar-refractivity contribution in [1.29, 1.82) is 0 Å². The van der Waals surface area contributed by atoms with Crippen LogP contribution in [0.1, 0.15) is 5.56 Å². The first-order chi connectivity index (χ1) is 13.0. The fraction of sp³-hybridized carbons (Fsp3) is 0. The summed E-state index contributed by atoms with van der Waals surface area (Å²) in [6.07, 6.45) is 2.19. The van der Waals surface area contributed by atoms with E-state index in [-0.39, 0.29) is 5.56 Å². The average molecular weight is 402 g/mol. The van der Waals surface area contributed by atoms with Crippen LogP contribution < -0.4 is 5.56 Å². The maximum atomic E-state index is 13.7. The van der Waals surface area contributed by atoms with Gasteiger partial charge in [-0.3, -0.25) is 4.79 Å². The highest BCUT2D eigenvalue weighted by Crippen LogP contribution is 2.31. The van der Waals surface area contributed by atoms with Crippen LogP contribution in [0, 0.1) is 11.6 Å². The number of thiophene rings is 1. The predicted octanol–water partition coefficient (Wildman–Crippen LogP) is 4.94. The topological polar surface area (TPSA) is 47.2 Å². The standard InChI is InChI=1S/C19H10ClF2N3OS/c20-12-6-4-11(5-7-12)14-9-27-18-17(14)19(26)25(10-23-18)24-8-13-15(21)2-1-3-16(13)22/h1-10H/b24-8+. The second-order valence-corrected chi connectivity index (χ2v) is 6.91. The molecule has 2 heterocycles. The van der Waals surface area contributed by atoms with Crippen LogP contribution in [-0.4, -0.2) is 15.9 Å². The van der Waals surface area contributed by atoms with Crippen molar-refractivity contribution in [1.82, 2.24) is 9.66 Å². The van der Waals surface area contributed by atoms with Gasteiger partial charge in [0, 0.05) is 16.0 Å². The molecule has 0 aliphatic rings. The van der Waals surface area contributed by atoms with Crippen molar-refractivity contribution in [2.45, 2.75) is 0 Å². The first-order valence-corrected chi connectivity index (χ1v) is 9.03. The molecule has 0 amide bonds. The fourth-order valence-corrected chi connectivity index (χ4v) is 3.63.